The molecule has 1 aliphatic rings. The number of benzene rings is 1. The summed E-state index contributed by atoms with van der Waals surface area (Å²) in [6.45, 7) is 7.60. The van der Waals surface area contributed by atoms with Crippen molar-refractivity contribution in [2.45, 2.75) is 39.7 Å². The maximum atomic E-state index is 13.1. The van der Waals surface area contributed by atoms with E-state index in [2.05, 4.69) is 4.98 Å². The van der Waals surface area contributed by atoms with E-state index in [-0.39, 0.29) is 17.4 Å². The number of aliphatic hydroxyl groups is 1. The second-order valence-corrected chi connectivity index (χ2v) is 7.40. The van der Waals surface area contributed by atoms with Gasteiger partial charge in [0.25, 0.3) is 5.91 Å². The van der Waals surface area contributed by atoms with Crippen molar-refractivity contribution >= 4 is 16.8 Å². The molecule has 3 rings (SSSR count). The van der Waals surface area contributed by atoms with E-state index in [9.17, 15) is 9.90 Å². The fraction of sp³-hybridized carbons (Fsp3) is 0.500. The lowest BCUT2D eigenvalue weighted by atomic mass is 9.81. The minimum absolute atomic E-state index is 0.0793. The minimum atomic E-state index is -0.387. The molecule has 1 N–H and O–H groups in total. The number of hydrogen-bond donors (Lipinski definition) is 1. The van der Waals surface area contributed by atoms with E-state index in [1.807, 2.05) is 51.1 Å². The van der Waals surface area contributed by atoms with Gasteiger partial charge in [-0.25, -0.2) is 4.98 Å². The monoisotopic (exact) mass is 342 g/mol. The summed E-state index contributed by atoms with van der Waals surface area (Å²) in [5.74, 6) is 0.318. The summed E-state index contributed by atoms with van der Waals surface area (Å²) in [5, 5.41) is 11.1. The Labute approximate surface area is 148 Å². The molecule has 5 nitrogen and oxygen atoms in total. The Balaban J connectivity index is 1.96. The van der Waals surface area contributed by atoms with Crippen LogP contribution >= 0.6 is 0 Å². The molecule has 1 aliphatic heterocycles. The zero-order chi connectivity index (χ0) is 18.0. The van der Waals surface area contributed by atoms with Crippen LogP contribution in [0.3, 0.4) is 0 Å². The van der Waals surface area contributed by atoms with Crippen molar-refractivity contribution in [2.75, 3.05) is 19.7 Å². The van der Waals surface area contributed by atoms with Gasteiger partial charge in [0.2, 0.25) is 5.88 Å². The summed E-state index contributed by atoms with van der Waals surface area (Å²) in [7, 11) is 0. The highest BCUT2D eigenvalue weighted by Crippen LogP contribution is 2.31. The van der Waals surface area contributed by atoms with E-state index < -0.39 is 0 Å². The number of carbonyl (C=O) groups excluding carboxylic acids is 1. The van der Waals surface area contributed by atoms with Gasteiger partial charge in [0, 0.05) is 23.9 Å². The molecule has 1 aromatic heterocycles. The lowest BCUT2D eigenvalue weighted by Crippen LogP contribution is -2.50. The first-order valence-electron chi connectivity index (χ1n) is 8.92. The number of nitrogens with zero attached hydrogens (tertiary/aromatic N) is 2. The van der Waals surface area contributed by atoms with E-state index in [0.717, 1.165) is 17.3 Å². The molecule has 134 valence electrons. The SMILES string of the molecule is CCCOc1nc2ccccc2cc1C(=O)N1CCC(O)C(C)(C)C1. The van der Waals surface area contributed by atoms with Crippen LogP contribution in [0.1, 0.15) is 44.0 Å². The summed E-state index contributed by atoms with van der Waals surface area (Å²) in [6.07, 6.45) is 1.05. The standard InChI is InChI=1S/C20H26N2O3/c1-4-11-25-18-15(12-14-7-5-6-8-16(14)21-18)19(24)22-10-9-17(23)20(2,3)13-22/h5-8,12,17,23H,4,9-11,13H2,1-3H3. The van der Waals surface area contributed by atoms with Gasteiger partial charge >= 0.3 is 0 Å². The summed E-state index contributed by atoms with van der Waals surface area (Å²) in [6, 6.07) is 9.60. The molecule has 1 atom stereocenters. The number of fused-ring (bicyclic) bond motifs is 1. The first kappa shape index (κ1) is 17.7. The number of aromatic nitrogens is 1. The van der Waals surface area contributed by atoms with Crippen LogP contribution < -0.4 is 4.74 Å². The number of rotatable bonds is 4. The first-order valence-corrected chi connectivity index (χ1v) is 8.92. The average molecular weight is 342 g/mol. The number of hydrogen-bond acceptors (Lipinski definition) is 4. The predicted octanol–water partition coefficient (Wildman–Crippen LogP) is 3.26. The Kier molecular flexibility index (Phi) is 4.95. The van der Waals surface area contributed by atoms with Crippen molar-refractivity contribution in [2.24, 2.45) is 5.41 Å². The second kappa shape index (κ2) is 7.00. The summed E-state index contributed by atoms with van der Waals surface area (Å²) < 4.78 is 5.77. The quantitative estimate of drug-likeness (QED) is 0.926. The number of likely N-dealkylation sites (tertiary alicyclic amines) is 1. The van der Waals surface area contributed by atoms with Gasteiger partial charge in [-0.15, -0.1) is 0 Å². The Hall–Kier alpha value is -2.14. The minimum Gasteiger partial charge on any atom is -0.477 e. The fourth-order valence-electron chi connectivity index (χ4n) is 3.25. The predicted molar refractivity (Wildman–Crippen MR) is 97.8 cm³/mol. The second-order valence-electron chi connectivity index (χ2n) is 7.40. The van der Waals surface area contributed by atoms with Gasteiger partial charge in [0.1, 0.15) is 5.56 Å². The molecule has 25 heavy (non-hydrogen) atoms. The smallest absolute Gasteiger partial charge is 0.259 e. The van der Waals surface area contributed by atoms with Crippen LogP contribution in [0.25, 0.3) is 10.9 Å². The molecular weight excluding hydrogens is 316 g/mol. The van der Waals surface area contributed by atoms with Gasteiger partial charge in [0.05, 0.1) is 18.2 Å². The van der Waals surface area contributed by atoms with E-state index >= 15 is 0 Å². The van der Waals surface area contributed by atoms with E-state index in [4.69, 9.17) is 4.74 Å². The summed E-state index contributed by atoms with van der Waals surface area (Å²) >= 11 is 0. The molecule has 2 aromatic rings. The van der Waals surface area contributed by atoms with Crippen molar-refractivity contribution < 1.29 is 14.6 Å². The third kappa shape index (κ3) is 3.61. The first-order chi connectivity index (χ1) is 11.9. The molecular formula is C20H26N2O3. The Morgan fingerprint density at radius 2 is 2.16 bits per heavy atom. The molecule has 0 aliphatic carbocycles. The molecule has 2 heterocycles. The maximum absolute atomic E-state index is 13.1. The normalized spacial score (nSPS) is 19.8. The molecule has 1 aromatic carbocycles. The van der Waals surface area contributed by atoms with E-state index in [0.29, 0.717) is 37.6 Å². The molecule has 1 saturated heterocycles. The molecule has 0 radical (unpaired) electrons. The van der Waals surface area contributed by atoms with E-state index in [1.54, 1.807) is 4.90 Å². The number of aliphatic hydroxyl groups excluding tert-OH is 1. The zero-order valence-electron chi connectivity index (χ0n) is 15.2. The van der Waals surface area contributed by atoms with Gasteiger partial charge in [-0.2, -0.15) is 0 Å². The highest BCUT2D eigenvalue weighted by atomic mass is 16.5. The Bertz CT molecular complexity index is 773. The largest absolute Gasteiger partial charge is 0.477 e. The molecule has 0 spiro atoms. The Morgan fingerprint density at radius 3 is 2.88 bits per heavy atom. The van der Waals surface area contributed by atoms with Gasteiger partial charge < -0.3 is 14.7 Å². The number of amides is 1. The number of ether oxygens (including phenoxy) is 1. The van der Waals surface area contributed by atoms with Crippen molar-refractivity contribution in [3.8, 4) is 5.88 Å². The van der Waals surface area contributed by atoms with Crippen LogP contribution in [0.15, 0.2) is 30.3 Å². The van der Waals surface area contributed by atoms with E-state index in [1.165, 1.54) is 0 Å². The topological polar surface area (TPSA) is 62.7 Å². The van der Waals surface area contributed by atoms with Crippen molar-refractivity contribution in [1.82, 2.24) is 9.88 Å². The molecule has 5 heteroatoms. The highest BCUT2D eigenvalue weighted by molar-refractivity contribution is 6.00. The molecule has 0 saturated carbocycles. The number of carbonyl (C=O) groups is 1. The van der Waals surface area contributed by atoms with Crippen LogP contribution in [0.2, 0.25) is 0 Å². The van der Waals surface area contributed by atoms with Gasteiger partial charge in [-0.3, -0.25) is 4.79 Å². The number of pyridine rings is 1. The molecule has 0 bridgehead atoms. The van der Waals surface area contributed by atoms with Crippen LogP contribution in [-0.2, 0) is 0 Å². The fourth-order valence-corrected chi connectivity index (χ4v) is 3.25. The third-order valence-electron chi connectivity index (χ3n) is 4.82. The average Bonchev–Trinajstić information content (AvgIpc) is 2.60. The van der Waals surface area contributed by atoms with Crippen LogP contribution in [0.5, 0.6) is 5.88 Å². The van der Waals surface area contributed by atoms with Crippen molar-refractivity contribution in [3.63, 3.8) is 0 Å². The third-order valence-corrected chi connectivity index (χ3v) is 4.82. The Morgan fingerprint density at radius 1 is 1.40 bits per heavy atom. The molecule has 1 unspecified atom stereocenters. The number of piperidine rings is 1. The van der Waals surface area contributed by atoms with Crippen LogP contribution in [-0.4, -0.2) is 46.7 Å². The summed E-state index contributed by atoms with van der Waals surface area (Å²) in [4.78, 5) is 19.5. The van der Waals surface area contributed by atoms with Crippen molar-refractivity contribution in [3.05, 3.63) is 35.9 Å². The zero-order valence-corrected chi connectivity index (χ0v) is 15.2. The van der Waals surface area contributed by atoms with Crippen LogP contribution in [0.4, 0.5) is 0 Å². The van der Waals surface area contributed by atoms with Gasteiger partial charge in [-0.05, 0) is 25.0 Å². The maximum Gasteiger partial charge on any atom is 0.259 e. The van der Waals surface area contributed by atoms with Crippen molar-refractivity contribution in [1.29, 1.82) is 0 Å². The molecule has 1 fully saturated rings. The van der Waals surface area contributed by atoms with Crippen LogP contribution in [0, 0.1) is 5.41 Å². The summed E-state index contributed by atoms with van der Waals surface area (Å²) in [5.41, 5.74) is 1.00. The van der Waals surface area contributed by atoms with Gasteiger partial charge in [-0.1, -0.05) is 39.0 Å². The highest BCUT2D eigenvalue weighted by Gasteiger charge is 2.37. The van der Waals surface area contributed by atoms with Gasteiger partial charge in [0.15, 0.2) is 0 Å². The lowest BCUT2D eigenvalue weighted by Gasteiger charge is -2.41. The molecule has 1 amide bonds. The lowest BCUT2D eigenvalue weighted by molar-refractivity contribution is -0.0183. The number of para-hydroxylation sites is 1.